The molecule has 1 aliphatic carbocycles. The summed E-state index contributed by atoms with van der Waals surface area (Å²) in [5.74, 6) is 0.972. The van der Waals surface area contributed by atoms with Crippen molar-refractivity contribution in [3.63, 3.8) is 0 Å². The van der Waals surface area contributed by atoms with Crippen molar-refractivity contribution < 1.29 is 0 Å². The molecule has 0 aromatic heterocycles. The van der Waals surface area contributed by atoms with Gasteiger partial charge in [-0.05, 0) is 51.5 Å². The van der Waals surface area contributed by atoms with Gasteiger partial charge >= 0.3 is 0 Å². The van der Waals surface area contributed by atoms with Crippen LogP contribution in [0.25, 0.3) is 0 Å². The number of hydrogen-bond donors (Lipinski definition) is 1. The summed E-state index contributed by atoms with van der Waals surface area (Å²) in [5.41, 5.74) is 6.27. The summed E-state index contributed by atoms with van der Waals surface area (Å²) in [5, 5.41) is 0. The van der Waals surface area contributed by atoms with Crippen molar-refractivity contribution in [1.29, 1.82) is 0 Å². The zero-order valence-corrected chi connectivity index (χ0v) is 11.0. The van der Waals surface area contributed by atoms with Crippen molar-refractivity contribution in [3.8, 4) is 0 Å². The third kappa shape index (κ3) is 2.14. The molecule has 2 atom stereocenters. The van der Waals surface area contributed by atoms with E-state index < -0.39 is 0 Å². The number of nitrogens with two attached hydrogens (primary N) is 1. The van der Waals surface area contributed by atoms with Gasteiger partial charge < -0.3 is 5.73 Å². The second kappa shape index (κ2) is 5.05. The molecule has 2 unspecified atom stereocenters. The molecule has 0 bridgehead atoms. The van der Waals surface area contributed by atoms with Crippen LogP contribution < -0.4 is 5.73 Å². The summed E-state index contributed by atoms with van der Waals surface area (Å²) < 4.78 is 0. The Kier molecular flexibility index (Phi) is 3.91. The lowest BCUT2D eigenvalue weighted by Crippen LogP contribution is -2.54. The molecule has 2 aliphatic rings. The summed E-state index contributed by atoms with van der Waals surface area (Å²) in [4.78, 5) is 2.75. The molecule has 0 amide bonds. The zero-order valence-electron chi connectivity index (χ0n) is 11.0. The molecular formula is C14H28N2. The van der Waals surface area contributed by atoms with Crippen LogP contribution in [0.15, 0.2) is 0 Å². The van der Waals surface area contributed by atoms with Gasteiger partial charge in [-0.15, -0.1) is 0 Å². The van der Waals surface area contributed by atoms with Crippen LogP contribution in [-0.2, 0) is 0 Å². The first-order valence-electron chi connectivity index (χ1n) is 7.18. The van der Waals surface area contributed by atoms with E-state index in [2.05, 4.69) is 18.7 Å². The smallest absolute Gasteiger partial charge is 0.0304 e. The van der Waals surface area contributed by atoms with Crippen molar-refractivity contribution in [2.75, 3.05) is 13.1 Å². The molecule has 0 aromatic carbocycles. The average Bonchev–Trinajstić information content (AvgIpc) is 2.97. The monoisotopic (exact) mass is 224 g/mol. The molecule has 2 nitrogen and oxygen atoms in total. The van der Waals surface area contributed by atoms with Crippen LogP contribution in [0, 0.1) is 5.92 Å². The lowest BCUT2D eigenvalue weighted by Gasteiger charge is -2.43. The molecule has 0 spiro atoms. The highest BCUT2D eigenvalue weighted by atomic mass is 15.2. The zero-order chi connectivity index (χ0) is 11.6. The minimum atomic E-state index is 0.254. The van der Waals surface area contributed by atoms with Crippen LogP contribution in [0.4, 0.5) is 0 Å². The van der Waals surface area contributed by atoms with E-state index >= 15 is 0 Å². The van der Waals surface area contributed by atoms with Gasteiger partial charge in [0, 0.05) is 18.1 Å². The Morgan fingerprint density at radius 2 is 1.88 bits per heavy atom. The minimum absolute atomic E-state index is 0.254. The van der Waals surface area contributed by atoms with E-state index in [9.17, 15) is 0 Å². The highest BCUT2D eigenvalue weighted by Gasteiger charge is 2.41. The van der Waals surface area contributed by atoms with Crippen LogP contribution in [0.5, 0.6) is 0 Å². The van der Waals surface area contributed by atoms with E-state index in [1.807, 2.05) is 0 Å². The second-order valence-electron chi connectivity index (χ2n) is 6.00. The van der Waals surface area contributed by atoms with Gasteiger partial charge in [-0.3, -0.25) is 4.90 Å². The SMILES string of the molecule is CCC(C)(CN)N1CCCC1C1CCCC1. The summed E-state index contributed by atoms with van der Waals surface area (Å²) in [6, 6.07) is 0.844. The molecule has 1 aliphatic heterocycles. The van der Waals surface area contributed by atoms with Gasteiger partial charge in [-0.25, -0.2) is 0 Å². The molecular weight excluding hydrogens is 196 g/mol. The Hall–Kier alpha value is -0.0800. The molecule has 2 fully saturated rings. The number of hydrogen-bond acceptors (Lipinski definition) is 2. The van der Waals surface area contributed by atoms with Crippen LogP contribution in [-0.4, -0.2) is 29.6 Å². The van der Waals surface area contributed by atoms with Crippen molar-refractivity contribution in [2.45, 2.75) is 70.4 Å². The molecule has 1 saturated carbocycles. The molecule has 2 rings (SSSR count). The fourth-order valence-corrected chi connectivity index (χ4v) is 3.76. The second-order valence-corrected chi connectivity index (χ2v) is 6.00. The predicted molar refractivity (Wildman–Crippen MR) is 69.4 cm³/mol. The van der Waals surface area contributed by atoms with E-state index in [4.69, 9.17) is 5.73 Å². The van der Waals surface area contributed by atoms with E-state index in [1.54, 1.807) is 0 Å². The quantitative estimate of drug-likeness (QED) is 0.795. The van der Waals surface area contributed by atoms with Crippen molar-refractivity contribution >= 4 is 0 Å². The Morgan fingerprint density at radius 1 is 1.19 bits per heavy atom. The van der Waals surface area contributed by atoms with Crippen molar-refractivity contribution in [3.05, 3.63) is 0 Å². The summed E-state index contributed by atoms with van der Waals surface area (Å²) in [7, 11) is 0. The lowest BCUT2D eigenvalue weighted by molar-refractivity contribution is 0.0638. The molecule has 1 saturated heterocycles. The fraction of sp³-hybridized carbons (Fsp3) is 1.00. The number of likely N-dealkylation sites (tertiary alicyclic amines) is 1. The van der Waals surface area contributed by atoms with Crippen molar-refractivity contribution in [2.24, 2.45) is 11.7 Å². The molecule has 16 heavy (non-hydrogen) atoms. The Morgan fingerprint density at radius 3 is 2.44 bits per heavy atom. The molecule has 0 aromatic rings. The third-order valence-corrected chi connectivity index (χ3v) is 5.14. The molecule has 2 heteroatoms. The lowest BCUT2D eigenvalue weighted by atomic mass is 9.90. The Bertz CT molecular complexity index is 217. The summed E-state index contributed by atoms with van der Waals surface area (Å²) in [6.07, 6.45) is 9.84. The van der Waals surface area contributed by atoms with Crippen LogP contribution >= 0.6 is 0 Å². The molecule has 1 heterocycles. The van der Waals surface area contributed by atoms with Crippen LogP contribution in [0.1, 0.15) is 58.8 Å². The molecule has 0 radical (unpaired) electrons. The first kappa shape index (κ1) is 12.4. The normalized spacial score (nSPS) is 32.1. The van der Waals surface area contributed by atoms with E-state index in [0.717, 1.165) is 18.5 Å². The third-order valence-electron chi connectivity index (χ3n) is 5.14. The van der Waals surface area contributed by atoms with E-state index in [-0.39, 0.29) is 5.54 Å². The fourth-order valence-electron chi connectivity index (χ4n) is 3.76. The number of rotatable bonds is 4. The highest BCUT2D eigenvalue weighted by Crippen LogP contribution is 2.39. The van der Waals surface area contributed by atoms with E-state index in [0.29, 0.717) is 0 Å². The first-order valence-corrected chi connectivity index (χ1v) is 7.18. The topological polar surface area (TPSA) is 29.3 Å². The maximum atomic E-state index is 6.02. The van der Waals surface area contributed by atoms with Gasteiger partial charge in [0.1, 0.15) is 0 Å². The Balaban J connectivity index is 2.07. The minimum Gasteiger partial charge on any atom is -0.329 e. The maximum Gasteiger partial charge on any atom is 0.0304 e. The predicted octanol–water partition coefficient (Wildman–Crippen LogP) is 2.77. The summed E-state index contributed by atoms with van der Waals surface area (Å²) in [6.45, 7) is 6.74. The maximum absolute atomic E-state index is 6.02. The standard InChI is InChI=1S/C14H28N2/c1-3-14(2,11-15)16-10-6-9-13(16)12-7-4-5-8-12/h12-13H,3-11,15H2,1-2H3. The van der Waals surface area contributed by atoms with Gasteiger partial charge in [0.25, 0.3) is 0 Å². The van der Waals surface area contributed by atoms with Gasteiger partial charge in [0.15, 0.2) is 0 Å². The van der Waals surface area contributed by atoms with Gasteiger partial charge in [0.05, 0.1) is 0 Å². The first-order chi connectivity index (χ1) is 7.71. The summed E-state index contributed by atoms with van der Waals surface area (Å²) >= 11 is 0. The largest absolute Gasteiger partial charge is 0.329 e. The highest BCUT2D eigenvalue weighted by molar-refractivity contribution is 4.97. The van der Waals surface area contributed by atoms with Crippen molar-refractivity contribution in [1.82, 2.24) is 4.90 Å². The van der Waals surface area contributed by atoms with Crippen LogP contribution in [0.3, 0.4) is 0 Å². The molecule has 94 valence electrons. The Labute approximate surface area is 101 Å². The van der Waals surface area contributed by atoms with E-state index in [1.165, 1.54) is 51.5 Å². The average molecular weight is 224 g/mol. The molecule has 2 N–H and O–H groups in total. The van der Waals surface area contributed by atoms with Gasteiger partial charge in [0.2, 0.25) is 0 Å². The number of nitrogens with zero attached hydrogens (tertiary/aromatic N) is 1. The van der Waals surface area contributed by atoms with Crippen LogP contribution in [0.2, 0.25) is 0 Å². The van der Waals surface area contributed by atoms with Gasteiger partial charge in [-0.1, -0.05) is 19.8 Å². The van der Waals surface area contributed by atoms with Gasteiger partial charge in [-0.2, -0.15) is 0 Å².